The van der Waals surface area contributed by atoms with Gasteiger partial charge in [-0.2, -0.15) is 0 Å². The fourth-order valence-corrected chi connectivity index (χ4v) is 1.91. The van der Waals surface area contributed by atoms with Crippen LogP contribution in [0.3, 0.4) is 0 Å². The minimum absolute atomic E-state index is 0.395. The van der Waals surface area contributed by atoms with Gasteiger partial charge in [0.05, 0.1) is 0 Å². The zero-order valence-corrected chi connectivity index (χ0v) is 9.56. The molecule has 13 heavy (non-hydrogen) atoms. The highest BCUT2D eigenvalue weighted by atomic mass is 15.2. The lowest BCUT2D eigenvalue weighted by molar-refractivity contribution is 0.134. The van der Waals surface area contributed by atoms with Crippen LogP contribution >= 0.6 is 0 Å². The summed E-state index contributed by atoms with van der Waals surface area (Å²) in [6, 6.07) is 0.660. The molecule has 1 unspecified atom stereocenters. The molecule has 0 aromatic rings. The van der Waals surface area contributed by atoms with Gasteiger partial charge in [0.1, 0.15) is 0 Å². The molecule has 0 aromatic heterocycles. The highest BCUT2D eigenvalue weighted by Gasteiger charge is 2.28. The quantitative estimate of drug-likeness (QED) is 0.703. The molecule has 78 valence electrons. The van der Waals surface area contributed by atoms with Crippen LogP contribution in [0.5, 0.6) is 0 Å². The van der Waals surface area contributed by atoms with Gasteiger partial charge < -0.3 is 10.2 Å². The van der Waals surface area contributed by atoms with Gasteiger partial charge in [0, 0.05) is 25.7 Å². The monoisotopic (exact) mass is 184 g/mol. The van der Waals surface area contributed by atoms with E-state index in [1.54, 1.807) is 0 Å². The van der Waals surface area contributed by atoms with E-state index in [1.165, 1.54) is 26.1 Å². The van der Waals surface area contributed by atoms with E-state index in [0.717, 1.165) is 6.54 Å². The average Bonchev–Trinajstić information content (AvgIpc) is 2.04. The lowest BCUT2D eigenvalue weighted by atomic mass is 9.85. The summed E-state index contributed by atoms with van der Waals surface area (Å²) in [6.45, 7) is 14.1. The van der Waals surface area contributed by atoms with Crippen LogP contribution in [0, 0.1) is 5.41 Å². The Labute approximate surface area is 82.7 Å². The van der Waals surface area contributed by atoms with E-state index in [0.29, 0.717) is 11.5 Å². The molecule has 0 bridgehead atoms. The van der Waals surface area contributed by atoms with Gasteiger partial charge in [0.25, 0.3) is 0 Å². The highest BCUT2D eigenvalue weighted by molar-refractivity contribution is 4.87. The topological polar surface area (TPSA) is 15.3 Å². The van der Waals surface area contributed by atoms with Crippen LogP contribution in [0.15, 0.2) is 0 Å². The normalized spacial score (nSPS) is 26.3. The van der Waals surface area contributed by atoms with Gasteiger partial charge in [-0.15, -0.1) is 0 Å². The Bertz CT molecular complexity index is 147. The Kier molecular flexibility index (Phi) is 3.74. The molecule has 0 amide bonds. The van der Waals surface area contributed by atoms with Crippen LogP contribution in [0.2, 0.25) is 0 Å². The van der Waals surface area contributed by atoms with Crippen molar-refractivity contribution in [3.63, 3.8) is 0 Å². The molecule has 0 aliphatic carbocycles. The van der Waals surface area contributed by atoms with E-state index in [4.69, 9.17) is 0 Å². The first-order chi connectivity index (χ1) is 6.04. The van der Waals surface area contributed by atoms with Gasteiger partial charge in [-0.1, -0.05) is 27.7 Å². The van der Waals surface area contributed by atoms with Crippen molar-refractivity contribution in [2.75, 3.05) is 26.2 Å². The summed E-state index contributed by atoms with van der Waals surface area (Å²) in [5.41, 5.74) is 0.395. The van der Waals surface area contributed by atoms with Crippen LogP contribution < -0.4 is 5.32 Å². The van der Waals surface area contributed by atoms with Crippen molar-refractivity contribution in [2.45, 2.75) is 40.2 Å². The summed E-state index contributed by atoms with van der Waals surface area (Å²) in [5.74, 6) is 0. The van der Waals surface area contributed by atoms with Gasteiger partial charge >= 0.3 is 0 Å². The maximum Gasteiger partial charge on any atom is 0.0244 e. The van der Waals surface area contributed by atoms with E-state index in [1.807, 2.05) is 0 Å². The van der Waals surface area contributed by atoms with E-state index < -0.39 is 0 Å². The number of nitrogens with zero attached hydrogens (tertiary/aromatic N) is 1. The lowest BCUT2D eigenvalue weighted by Gasteiger charge is -2.40. The lowest BCUT2D eigenvalue weighted by Crippen LogP contribution is -2.55. The summed E-state index contributed by atoms with van der Waals surface area (Å²) in [6.07, 6.45) is 1.27. The third kappa shape index (κ3) is 3.28. The molecule has 1 aliphatic rings. The predicted octanol–water partition coefficient (Wildman–Crippen LogP) is 1.72. The molecular formula is C11H24N2. The summed E-state index contributed by atoms with van der Waals surface area (Å²) < 4.78 is 0. The summed E-state index contributed by atoms with van der Waals surface area (Å²) in [7, 11) is 0. The van der Waals surface area contributed by atoms with Crippen LogP contribution in [0.25, 0.3) is 0 Å². The number of piperazine rings is 1. The third-order valence-corrected chi connectivity index (χ3v) is 2.84. The second kappa shape index (κ2) is 4.43. The first-order valence-corrected chi connectivity index (χ1v) is 5.49. The van der Waals surface area contributed by atoms with Gasteiger partial charge in [-0.25, -0.2) is 0 Å². The van der Waals surface area contributed by atoms with Crippen molar-refractivity contribution in [3.05, 3.63) is 0 Å². The predicted molar refractivity (Wildman–Crippen MR) is 58.0 cm³/mol. The zero-order valence-electron chi connectivity index (χ0n) is 9.56. The molecule has 1 fully saturated rings. The average molecular weight is 184 g/mol. The molecule has 0 aromatic carbocycles. The zero-order chi connectivity index (χ0) is 9.90. The van der Waals surface area contributed by atoms with Gasteiger partial charge in [-0.3, -0.25) is 0 Å². The fourth-order valence-electron chi connectivity index (χ4n) is 1.91. The molecule has 1 N–H and O–H groups in total. The minimum Gasteiger partial charge on any atom is -0.311 e. The van der Waals surface area contributed by atoms with Crippen LogP contribution in [0.1, 0.15) is 34.1 Å². The van der Waals surface area contributed by atoms with Crippen molar-refractivity contribution in [1.29, 1.82) is 0 Å². The maximum atomic E-state index is 3.61. The standard InChI is InChI=1S/C11H24N2/c1-5-7-13-8-6-12-10(9-13)11(2,3)4/h10,12H,5-9H2,1-4H3. The molecule has 2 nitrogen and oxygen atoms in total. The van der Waals surface area contributed by atoms with Crippen molar-refractivity contribution < 1.29 is 0 Å². The fraction of sp³-hybridized carbons (Fsp3) is 1.00. The van der Waals surface area contributed by atoms with E-state index in [2.05, 4.69) is 37.9 Å². The largest absolute Gasteiger partial charge is 0.311 e. The van der Waals surface area contributed by atoms with Gasteiger partial charge in [0.2, 0.25) is 0 Å². The van der Waals surface area contributed by atoms with Crippen molar-refractivity contribution >= 4 is 0 Å². The van der Waals surface area contributed by atoms with Crippen molar-refractivity contribution in [1.82, 2.24) is 10.2 Å². The van der Waals surface area contributed by atoms with Crippen LogP contribution in [-0.2, 0) is 0 Å². The number of nitrogens with one attached hydrogen (secondary N) is 1. The molecule has 2 heteroatoms. The molecule has 1 heterocycles. The molecule has 1 aliphatic heterocycles. The van der Waals surface area contributed by atoms with Crippen molar-refractivity contribution in [3.8, 4) is 0 Å². The first kappa shape index (κ1) is 11.0. The highest BCUT2D eigenvalue weighted by Crippen LogP contribution is 2.21. The van der Waals surface area contributed by atoms with Crippen LogP contribution in [0.4, 0.5) is 0 Å². The van der Waals surface area contributed by atoms with Gasteiger partial charge in [0.15, 0.2) is 0 Å². The van der Waals surface area contributed by atoms with E-state index >= 15 is 0 Å². The smallest absolute Gasteiger partial charge is 0.0244 e. The second-order valence-electron chi connectivity index (χ2n) is 5.17. The first-order valence-electron chi connectivity index (χ1n) is 5.49. The maximum absolute atomic E-state index is 3.61. The molecule has 0 spiro atoms. The Morgan fingerprint density at radius 2 is 2.08 bits per heavy atom. The Morgan fingerprint density at radius 1 is 1.38 bits per heavy atom. The number of rotatable bonds is 2. The van der Waals surface area contributed by atoms with Gasteiger partial charge in [-0.05, 0) is 18.4 Å². The molecule has 0 saturated carbocycles. The molecule has 1 rings (SSSR count). The van der Waals surface area contributed by atoms with Crippen molar-refractivity contribution in [2.24, 2.45) is 5.41 Å². The van der Waals surface area contributed by atoms with E-state index in [9.17, 15) is 0 Å². The molecule has 1 saturated heterocycles. The summed E-state index contributed by atoms with van der Waals surface area (Å²) in [4.78, 5) is 2.58. The number of hydrogen-bond donors (Lipinski definition) is 1. The van der Waals surface area contributed by atoms with E-state index in [-0.39, 0.29) is 0 Å². The summed E-state index contributed by atoms with van der Waals surface area (Å²) >= 11 is 0. The Hall–Kier alpha value is -0.0800. The summed E-state index contributed by atoms with van der Waals surface area (Å²) in [5, 5.41) is 3.61. The second-order valence-corrected chi connectivity index (χ2v) is 5.17. The molecule has 0 radical (unpaired) electrons. The van der Waals surface area contributed by atoms with Crippen LogP contribution in [-0.4, -0.2) is 37.1 Å². The Balaban J connectivity index is 2.42. The molecular weight excluding hydrogens is 160 g/mol. The minimum atomic E-state index is 0.395. The Morgan fingerprint density at radius 3 is 2.62 bits per heavy atom. The SMILES string of the molecule is CCCN1CCNC(C(C)(C)C)C1. The molecule has 1 atom stereocenters. The number of hydrogen-bond acceptors (Lipinski definition) is 2. The third-order valence-electron chi connectivity index (χ3n) is 2.84.